The van der Waals surface area contributed by atoms with E-state index in [9.17, 15) is 4.79 Å². The standard InChI is InChI=1S/C17H25O2/c1-7-12(2)8-9-16-13(3)10-15(19-14(4)18)11-17(16,5)6/h7-9,15H,1,10-11H2,2-6H3/b9-8+,12-7+/t15-/m1/s1. The molecule has 0 bridgehead atoms. The van der Waals surface area contributed by atoms with Crippen molar-refractivity contribution in [2.45, 2.75) is 53.6 Å². The Morgan fingerprint density at radius 2 is 2.05 bits per heavy atom. The van der Waals surface area contributed by atoms with Crippen molar-refractivity contribution in [3.05, 3.63) is 41.9 Å². The predicted octanol–water partition coefficient (Wildman–Crippen LogP) is 4.39. The van der Waals surface area contributed by atoms with Gasteiger partial charge in [-0.05, 0) is 38.2 Å². The van der Waals surface area contributed by atoms with E-state index in [1.807, 2.05) is 13.0 Å². The van der Waals surface area contributed by atoms with Gasteiger partial charge in [0, 0.05) is 13.3 Å². The molecule has 0 heterocycles. The molecule has 0 aromatic rings. The van der Waals surface area contributed by atoms with Gasteiger partial charge in [-0.3, -0.25) is 4.79 Å². The van der Waals surface area contributed by atoms with Gasteiger partial charge in [0.1, 0.15) is 6.10 Å². The summed E-state index contributed by atoms with van der Waals surface area (Å²) in [6.45, 7) is 13.8. The van der Waals surface area contributed by atoms with Crippen molar-refractivity contribution < 1.29 is 9.53 Å². The molecule has 0 amide bonds. The first-order valence-electron chi connectivity index (χ1n) is 6.78. The van der Waals surface area contributed by atoms with Crippen molar-refractivity contribution in [3.8, 4) is 0 Å². The van der Waals surface area contributed by atoms with E-state index in [-0.39, 0.29) is 17.5 Å². The highest BCUT2D eigenvalue weighted by Crippen LogP contribution is 2.42. The number of allylic oxidation sites excluding steroid dienone is 5. The number of esters is 1. The highest BCUT2D eigenvalue weighted by molar-refractivity contribution is 5.66. The van der Waals surface area contributed by atoms with Crippen LogP contribution in [0.4, 0.5) is 0 Å². The van der Waals surface area contributed by atoms with Gasteiger partial charge >= 0.3 is 5.97 Å². The monoisotopic (exact) mass is 261 g/mol. The van der Waals surface area contributed by atoms with E-state index in [1.165, 1.54) is 18.1 Å². The van der Waals surface area contributed by atoms with Crippen LogP contribution in [-0.4, -0.2) is 12.1 Å². The number of ether oxygens (including phenoxy) is 1. The van der Waals surface area contributed by atoms with Crippen LogP contribution in [0.1, 0.15) is 47.5 Å². The summed E-state index contributed by atoms with van der Waals surface area (Å²) in [5, 5.41) is 0. The Morgan fingerprint density at radius 3 is 2.53 bits per heavy atom. The van der Waals surface area contributed by atoms with Crippen LogP contribution < -0.4 is 0 Å². The Labute approximate surface area is 117 Å². The first-order chi connectivity index (χ1) is 8.76. The van der Waals surface area contributed by atoms with Crippen LogP contribution in [0.25, 0.3) is 0 Å². The van der Waals surface area contributed by atoms with E-state index in [2.05, 4.69) is 39.8 Å². The molecule has 0 aliphatic heterocycles. The van der Waals surface area contributed by atoms with Crippen molar-refractivity contribution in [1.82, 2.24) is 0 Å². The zero-order valence-corrected chi connectivity index (χ0v) is 12.7. The Morgan fingerprint density at radius 1 is 1.42 bits per heavy atom. The molecule has 1 aliphatic rings. The molecular weight excluding hydrogens is 236 g/mol. The van der Waals surface area contributed by atoms with Crippen LogP contribution in [0.5, 0.6) is 0 Å². The summed E-state index contributed by atoms with van der Waals surface area (Å²) in [6, 6.07) is 0. The Balaban J connectivity index is 2.97. The first kappa shape index (κ1) is 15.7. The van der Waals surface area contributed by atoms with Crippen LogP contribution >= 0.6 is 0 Å². The van der Waals surface area contributed by atoms with E-state index in [0.717, 1.165) is 18.4 Å². The largest absolute Gasteiger partial charge is 0.462 e. The molecule has 0 fully saturated rings. The third kappa shape index (κ3) is 4.38. The van der Waals surface area contributed by atoms with Crippen LogP contribution in [0.2, 0.25) is 0 Å². The highest BCUT2D eigenvalue weighted by Gasteiger charge is 2.33. The molecule has 0 saturated carbocycles. The van der Waals surface area contributed by atoms with Crippen LogP contribution in [0, 0.1) is 12.3 Å². The highest BCUT2D eigenvalue weighted by atomic mass is 16.5. The second-order valence-corrected chi connectivity index (χ2v) is 6.00. The van der Waals surface area contributed by atoms with Gasteiger partial charge in [-0.2, -0.15) is 0 Å². The SMILES string of the molecule is [CH2]/C=C(C)/C=C/C1=C(C)C[C@@H](OC(C)=O)CC1(C)C. The molecule has 19 heavy (non-hydrogen) atoms. The molecule has 0 spiro atoms. The first-order valence-corrected chi connectivity index (χ1v) is 6.78. The summed E-state index contributed by atoms with van der Waals surface area (Å²) in [5.41, 5.74) is 3.83. The molecule has 1 rings (SSSR count). The van der Waals surface area contributed by atoms with Gasteiger partial charge in [-0.25, -0.2) is 0 Å². The molecule has 105 valence electrons. The van der Waals surface area contributed by atoms with Crippen molar-refractivity contribution in [2.75, 3.05) is 0 Å². The fourth-order valence-corrected chi connectivity index (χ4v) is 2.75. The molecule has 0 N–H and O–H groups in total. The maximum atomic E-state index is 11.1. The quantitative estimate of drug-likeness (QED) is 0.556. The van der Waals surface area contributed by atoms with Gasteiger partial charge in [0.05, 0.1) is 0 Å². The molecule has 1 radical (unpaired) electrons. The number of rotatable bonds is 3. The van der Waals surface area contributed by atoms with Gasteiger partial charge in [0.25, 0.3) is 0 Å². The third-order valence-corrected chi connectivity index (χ3v) is 3.63. The second-order valence-electron chi connectivity index (χ2n) is 6.00. The van der Waals surface area contributed by atoms with E-state index >= 15 is 0 Å². The lowest BCUT2D eigenvalue weighted by atomic mass is 9.71. The van der Waals surface area contributed by atoms with Crippen LogP contribution in [0.15, 0.2) is 34.9 Å². The summed E-state index contributed by atoms with van der Waals surface area (Å²) < 4.78 is 5.37. The lowest BCUT2D eigenvalue weighted by Crippen LogP contribution is -2.31. The lowest BCUT2D eigenvalue weighted by molar-refractivity contribution is -0.147. The summed E-state index contributed by atoms with van der Waals surface area (Å²) in [4.78, 5) is 11.1. The molecule has 0 aromatic carbocycles. The lowest BCUT2D eigenvalue weighted by Gasteiger charge is -2.37. The van der Waals surface area contributed by atoms with Gasteiger partial charge in [-0.15, -0.1) is 0 Å². The van der Waals surface area contributed by atoms with Gasteiger partial charge in [0.2, 0.25) is 0 Å². The number of hydrogen-bond acceptors (Lipinski definition) is 2. The zero-order valence-electron chi connectivity index (χ0n) is 12.7. The fourth-order valence-electron chi connectivity index (χ4n) is 2.75. The van der Waals surface area contributed by atoms with Crippen molar-refractivity contribution in [2.24, 2.45) is 5.41 Å². The smallest absolute Gasteiger partial charge is 0.302 e. The van der Waals surface area contributed by atoms with Crippen LogP contribution in [-0.2, 0) is 9.53 Å². The maximum Gasteiger partial charge on any atom is 0.302 e. The fraction of sp³-hybridized carbons (Fsp3) is 0.529. The molecule has 0 aromatic heterocycles. The van der Waals surface area contributed by atoms with E-state index in [0.29, 0.717) is 0 Å². The summed E-state index contributed by atoms with van der Waals surface area (Å²) in [5.74, 6) is -0.191. The van der Waals surface area contributed by atoms with Crippen molar-refractivity contribution in [3.63, 3.8) is 0 Å². The second kappa shape index (κ2) is 6.23. The zero-order chi connectivity index (χ0) is 14.6. The van der Waals surface area contributed by atoms with E-state index in [4.69, 9.17) is 4.74 Å². The summed E-state index contributed by atoms with van der Waals surface area (Å²) in [7, 11) is 0. The molecule has 0 unspecified atom stereocenters. The Kier molecular flexibility index (Phi) is 5.16. The van der Waals surface area contributed by atoms with Gasteiger partial charge in [-0.1, -0.05) is 43.2 Å². The molecular formula is C17H25O2. The molecule has 2 nitrogen and oxygen atoms in total. The van der Waals surface area contributed by atoms with Gasteiger partial charge < -0.3 is 4.74 Å². The van der Waals surface area contributed by atoms with Crippen molar-refractivity contribution >= 4 is 5.97 Å². The maximum absolute atomic E-state index is 11.1. The Hall–Kier alpha value is -1.31. The minimum Gasteiger partial charge on any atom is -0.462 e. The van der Waals surface area contributed by atoms with Crippen molar-refractivity contribution in [1.29, 1.82) is 0 Å². The predicted molar refractivity (Wildman–Crippen MR) is 79.5 cm³/mol. The summed E-state index contributed by atoms with van der Waals surface area (Å²) >= 11 is 0. The van der Waals surface area contributed by atoms with E-state index < -0.39 is 0 Å². The molecule has 0 saturated heterocycles. The number of carbonyl (C=O) groups excluding carboxylic acids is 1. The average Bonchev–Trinajstić information content (AvgIpc) is 2.25. The van der Waals surface area contributed by atoms with Crippen LogP contribution in [0.3, 0.4) is 0 Å². The average molecular weight is 261 g/mol. The normalized spacial score (nSPS) is 23.9. The topological polar surface area (TPSA) is 26.3 Å². The van der Waals surface area contributed by atoms with Gasteiger partial charge in [0.15, 0.2) is 0 Å². The number of carbonyl (C=O) groups is 1. The summed E-state index contributed by atoms with van der Waals surface area (Å²) in [6.07, 6.45) is 7.83. The Bertz CT molecular complexity index is 436. The minimum absolute atomic E-state index is 0.00845. The van der Waals surface area contributed by atoms with E-state index in [1.54, 1.807) is 0 Å². The molecule has 1 aliphatic carbocycles. The number of hydrogen-bond donors (Lipinski definition) is 0. The minimum atomic E-state index is -0.191. The third-order valence-electron chi connectivity index (χ3n) is 3.63. The molecule has 1 atom stereocenters. The molecule has 2 heteroatoms.